The van der Waals surface area contributed by atoms with E-state index >= 15 is 0 Å². The third kappa shape index (κ3) is 5.08. The topological polar surface area (TPSA) is 55.1 Å². The fraction of sp³-hybridized carbons (Fsp3) is 0.259. The van der Waals surface area contributed by atoms with Crippen LogP contribution in [0.25, 0.3) is 11.5 Å². The van der Waals surface area contributed by atoms with Crippen LogP contribution in [0.2, 0.25) is 5.02 Å². The molecule has 0 spiro atoms. The Morgan fingerprint density at radius 3 is 2.50 bits per heavy atom. The van der Waals surface area contributed by atoms with Gasteiger partial charge < -0.3 is 9.88 Å². The van der Waals surface area contributed by atoms with Crippen molar-refractivity contribution in [2.24, 2.45) is 5.92 Å². The molecule has 0 saturated carbocycles. The average molecular weight is 474 g/mol. The first-order valence-corrected chi connectivity index (χ1v) is 12.1. The Morgan fingerprint density at radius 2 is 1.76 bits per heavy atom. The molecule has 5 rings (SSSR count). The molecule has 1 N–H and O–H groups in total. The van der Waals surface area contributed by atoms with Gasteiger partial charge in [0.15, 0.2) is 0 Å². The van der Waals surface area contributed by atoms with E-state index in [1.807, 2.05) is 65.5 Å². The Morgan fingerprint density at radius 1 is 1.00 bits per heavy atom. The predicted molar refractivity (Wildman–Crippen MR) is 134 cm³/mol. The van der Waals surface area contributed by atoms with Gasteiger partial charge in [0.05, 0.1) is 11.9 Å². The highest BCUT2D eigenvalue weighted by Crippen LogP contribution is 2.24. The summed E-state index contributed by atoms with van der Waals surface area (Å²) in [5, 5.41) is 8.47. The Hall–Kier alpha value is -3.35. The van der Waals surface area contributed by atoms with Gasteiger partial charge in [-0.25, -0.2) is 4.68 Å². The molecule has 34 heavy (non-hydrogen) atoms. The highest BCUT2D eigenvalue weighted by atomic mass is 35.5. The highest BCUT2D eigenvalue weighted by molar-refractivity contribution is 6.30. The molecule has 3 heterocycles. The number of hydrogen-bond donors (Lipinski definition) is 1. The molecular weight excluding hydrogens is 446 g/mol. The van der Waals surface area contributed by atoms with Crippen LogP contribution in [0.15, 0.2) is 85.3 Å². The zero-order chi connectivity index (χ0) is 23.3. The largest absolute Gasteiger partial charge is 0.352 e. The second kappa shape index (κ2) is 10.3. The zero-order valence-corrected chi connectivity index (χ0v) is 19.7. The summed E-state index contributed by atoms with van der Waals surface area (Å²) >= 11 is 6.05. The van der Waals surface area contributed by atoms with E-state index in [2.05, 4.69) is 39.3 Å². The minimum atomic E-state index is 0.0476. The summed E-state index contributed by atoms with van der Waals surface area (Å²) in [6.45, 7) is 3.09. The summed E-state index contributed by atoms with van der Waals surface area (Å²) < 4.78 is 4.11. The molecule has 1 aliphatic heterocycles. The highest BCUT2D eigenvalue weighted by Gasteiger charge is 2.26. The molecule has 0 bridgehead atoms. The molecule has 0 unspecified atom stereocenters. The summed E-state index contributed by atoms with van der Waals surface area (Å²) in [4.78, 5) is 15.1. The monoisotopic (exact) mass is 473 g/mol. The molecule has 1 amide bonds. The minimum Gasteiger partial charge on any atom is -0.352 e. The summed E-state index contributed by atoms with van der Waals surface area (Å²) in [5.74, 6) is 1.23. The second-order valence-corrected chi connectivity index (χ2v) is 9.17. The lowest BCUT2D eigenvalue weighted by Gasteiger charge is -2.31. The molecule has 1 aliphatic rings. The van der Waals surface area contributed by atoms with Crippen LogP contribution in [0.3, 0.4) is 0 Å². The van der Waals surface area contributed by atoms with E-state index in [-0.39, 0.29) is 11.8 Å². The van der Waals surface area contributed by atoms with Crippen molar-refractivity contribution in [2.75, 3.05) is 13.1 Å². The Bertz CT molecular complexity index is 1230. The van der Waals surface area contributed by atoms with Gasteiger partial charge >= 0.3 is 0 Å². The van der Waals surface area contributed by atoms with E-state index < -0.39 is 0 Å². The summed E-state index contributed by atoms with van der Waals surface area (Å²) in [6, 6.07) is 21.9. The molecule has 6 nitrogen and oxygen atoms in total. The van der Waals surface area contributed by atoms with Gasteiger partial charge in [0, 0.05) is 42.0 Å². The molecule has 4 aromatic rings. The molecule has 2 aromatic carbocycles. The normalized spacial score (nSPS) is 14.9. The maximum Gasteiger partial charge on any atom is 0.223 e. The average Bonchev–Trinajstić information content (AvgIpc) is 3.54. The molecule has 1 fully saturated rings. The van der Waals surface area contributed by atoms with Crippen LogP contribution in [0, 0.1) is 5.92 Å². The number of nitrogens with one attached hydrogen (secondary N) is 1. The van der Waals surface area contributed by atoms with Crippen LogP contribution in [0.1, 0.15) is 24.0 Å². The van der Waals surface area contributed by atoms with Gasteiger partial charge in [0.2, 0.25) is 5.91 Å². The van der Waals surface area contributed by atoms with Crippen LogP contribution >= 0.6 is 11.6 Å². The van der Waals surface area contributed by atoms with E-state index in [4.69, 9.17) is 16.7 Å². The van der Waals surface area contributed by atoms with Crippen LogP contribution < -0.4 is 5.32 Å². The van der Waals surface area contributed by atoms with Crippen LogP contribution in [-0.4, -0.2) is 38.2 Å². The quantitative estimate of drug-likeness (QED) is 0.417. The van der Waals surface area contributed by atoms with Gasteiger partial charge in [0.1, 0.15) is 5.82 Å². The molecular formula is C27H28ClN5O. The number of aromatic nitrogens is 3. The maximum absolute atomic E-state index is 12.7. The molecule has 0 aliphatic carbocycles. The number of para-hydroxylation sites is 1. The lowest BCUT2D eigenvalue weighted by Crippen LogP contribution is -2.40. The van der Waals surface area contributed by atoms with Crippen LogP contribution in [0.4, 0.5) is 0 Å². The number of nitrogens with zero attached hydrogens (tertiary/aromatic N) is 4. The van der Waals surface area contributed by atoms with Crippen molar-refractivity contribution in [3.8, 4) is 11.5 Å². The van der Waals surface area contributed by atoms with Crippen molar-refractivity contribution in [1.29, 1.82) is 0 Å². The third-order valence-corrected chi connectivity index (χ3v) is 6.61. The number of likely N-dealkylation sites (tertiary alicyclic amines) is 1. The van der Waals surface area contributed by atoms with E-state index in [1.165, 1.54) is 5.56 Å². The molecule has 0 atom stereocenters. The Balaban J connectivity index is 1.22. The fourth-order valence-electron chi connectivity index (χ4n) is 4.57. The maximum atomic E-state index is 12.7. The zero-order valence-electron chi connectivity index (χ0n) is 19.0. The van der Waals surface area contributed by atoms with Crippen molar-refractivity contribution in [1.82, 2.24) is 24.6 Å². The number of piperidine rings is 1. The van der Waals surface area contributed by atoms with Crippen molar-refractivity contribution in [2.45, 2.75) is 25.9 Å². The van der Waals surface area contributed by atoms with Gasteiger partial charge in [0.25, 0.3) is 0 Å². The molecule has 2 aromatic heterocycles. The number of benzene rings is 2. The van der Waals surface area contributed by atoms with Crippen LogP contribution in [0.5, 0.6) is 0 Å². The molecule has 0 radical (unpaired) electrons. The summed E-state index contributed by atoms with van der Waals surface area (Å²) in [7, 11) is 0. The van der Waals surface area contributed by atoms with Crippen molar-refractivity contribution in [3.05, 3.63) is 101 Å². The van der Waals surface area contributed by atoms with Gasteiger partial charge in [-0.3, -0.25) is 9.69 Å². The Labute approximate surface area is 204 Å². The molecule has 7 heteroatoms. The SMILES string of the molecule is O=C(NCc1cccc(Cl)c1)C1CCN(Cc2cnn(-c3ccccc3)c2-n2cccc2)CC1. The minimum absolute atomic E-state index is 0.0476. The van der Waals surface area contributed by atoms with E-state index in [0.29, 0.717) is 11.6 Å². The fourth-order valence-corrected chi connectivity index (χ4v) is 4.78. The lowest BCUT2D eigenvalue weighted by molar-refractivity contribution is -0.126. The summed E-state index contributed by atoms with van der Waals surface area (Å²) in [6.07, 6.45) is 7.78. The molecule has 1 saturated heterocycles. The second-order valence-electron chi connectivity index (χ2n) is 8.73. The first-order chi connectivity index (χ1) is 16.7. The third-order valence-electron chi connectivity index (χ3n) is 6.37. The number of hydrogen-bond acceptors (Lipinski definition) is 3. The predicted octanol–water partition coefficient (Wildman–Crippen LogP) is 4.84. The lowest BCUT2D eigenvalue weighted by atomic mass is 9.95. The standard InChI is InChI=1S/C27H28ClN5O/c28-24-8-6-7-21(17-24)18-29-26(34)22-11-15-31(16-12-22)20-23-19-30-33(25-9-2-1-3-10-25)27(23)32-13-4-5-14-32/h1-10,13-14,17,19,22H,11-12,15-16,18,20H2,(H,29,34). The van der Waals surface area contributed by atoms with E-state index in [1.54, 1.807) is 0 Å². The van der Waals surface area contributed by atoms with Crippen LogP contribution in [-0.2, 0) is 17.9 Å². The van der Waals surface area contributed by atoms with Gasteiger partial charge in [-0.1, -0.05) is 41.9 Å². The van der Waals surface area contributed by atoms with Gasteiger partial charge in [-0.05, 0) is 67.9 Å². The van der Waals surface area contributed by atoms with E-state index in [0.717, 1.165) is 49.5 Å². The number of halogens is 1. The van der Waals surface area contributed by atoms with E-state index in [9.17, 15) is 4.79 Å². The Kier molecular flexibility index (Phi) is 6.79. The first kappa shape index (κ1) is 22.4. The van der Waals surface area contributed by atoms with Crippen molar-refractivity contribution >= 4 is 17.5 Å². The number of amides is 1. The number of carbonyl (C=O) groups excluding carboxylic acids is 1. The van der Waals surface area contributed by atoms with Crippen molar-refractivity contribution in [3.63, 3.8) is 0 Å². The first-order valence-electron chi connectivity index (χ1n) is 11.7. The number of carbonyl (C=O) groups is 1. The summed E-state index contributed by atoms with van der Waals surface area (Å²) in [5.41, 5.74) is 3.22. The molecule has 174 valence electrons. The number of rotatable bonds is 7. The smallest absolute Gasteiger partial charge is 0.223 e. The van der Waals surface area contributed by atoms with Gasteiger partial charge in [-0.15, -0.1) is 0 Å². The van der Waals surface area contributed by atoms with Gasteiger partial charge in [-0.2, -0.15) is 5.10 Å². The van der Waals surface area contributed by atoms with Crippen molar-refractivity contribution < 1.29 is 4.79 Å².